The zero-order valence-corrected chi connectivity index (χ0v) is 7.72. The first-order chi connectivity index (χ1) is 5.29. The van der Waals surface area contributed by atoms with Gasteiger partial charge in [-0.05, 0) is 6.92 Å². The van der Waals surface area contributed by atoms with Crippen LogP contribution in [0.3, 0.4) is 0 Å². The molecule has 2 atom stereocenters. The summed E-state index contributed by atoms with van der Waals surface area (Å²) in [5.74, 6) is -0.935. The molecule has 0 bridgehead atoms. The maximum absolute atomic E-state index is 9.60. The summed E-state index contributed by atoms with van der Waals surface area (Å²) in [7, 11) is -5.18. The van der Waals surface area contributed by atoms with Crippen LogP contribution in [0.4, 0.5) is 0 Å². The van der Waals surface area contributed by atoms with Gasteiger partial charge in [0.25, 0.3) is 20.2 Å². The predicted octanol–water partition coefficient (Wildman–Crippen LogP) is -0.00810. The van der Waals surface area contributed by atoms with E-state index in [1.54, 1.807) is 0 Å². The van der Waals surface area contributed by atoms with E-state index in [0.29, 0.717) is 0 Å². The van der Waals surface area contributed by atoms with Gasteiger partial charge in [-0.25, -0.2) is 13.2 Å². The van der Waals surface area contributed by atoms with Crippen molar-refractivity contribution in [2.75, 3.05) is 0 Å². The van der Waals surface area contributed by atoms with E-state index in [1.165, 1.54) is 6.92 Å². The Labute approximate surface area is 73.3 Å². The predicted molar refractivity (Wildman–Crippen MR) is 44.0 cm³/mol. The van der Waals surface area contributed by atoms with Gasteiger partial charge in [0.1, 0.15) is 0 Å². The first kappa shape index (κ1) is 14.0. The lowest BCUT2D eigenvalue weighted by molar-refractivity contribution is -0.132. The van der Waals surface area contributed by atoms with Crippen molar-refractivity contribution in [3.8, 4) is 0 Å². The van der Waals surface area contributed by atoms with Crippen molar-refractivity contribution in [2.24, 2.45) is 0 Å². The Kier molecular flexibility index (Phi) is 8.27. The molecule has 72 valence electrons. The molecule has 0 amide bonds. The van der Waals surface area contributed by atoms with Crippen molar-refractivity contribution in [1.82, 2.24) is 0 Å². The molecule has 0 aromatic rings. The number of carbonyl (C=O) groups is 1. The van der Waals surface area contributed by atoms with E-state index in [0.717, 1.165) is 0 Å². The third-order valence-electron chi connectivity index (χ3n) is 0.487. The second-order valence-corrected chi connectivity index (χ2v) is 4.10. The van der Waals surface area contributed by atoms with Gasteiger partial charge in [0.2, 0.25) is 0 Å². The average Bonchev–Trinajstić information content (AvgIpc) is 1.88. The summed E-state index contributed by atoms with van der Waals surface area (Å²) < 4.78 is 33.6. The summed E-state index contributed by atoms with van der Waals surface area (Å²) in [5.41, 5.74) is 0.176. The molecule has 0 fully saturated rings. The minimum Gasteiger partial charge on any atom is -0.478 e. The van der Waals surface area contributed by atoms with Crippen LogP contribution in [-0.4, -0.2) is 28.6 Å². The topological polar surface area (TPSA) is 112 Å². The van der Waals surface area contributed by atoms with Gasteiger partial charge in [-0.2, -0.15) is 0 Å². The molecular formula is C4H8O6S2. The number of hydrogen-bond donors (Lipinski definition) is 3. The third-order valence-corrected chi connectivity index (χ3v) is 1.46. The minimum atomic E-state index is -2.59. The molecule has 0 aromatic carbocycles. The second kappa shape index (κ2) is 7.10. The van der Waals surface area contributed by atoms with E-state index in [2.05, 4.69) is 6.58 Å². The SMILES string of the molecule is C=C(C)C(=O)O.O=S(O)S(=O)O. The third kappa shape index (κ3) is 12.1. The van der Waals surface area contributed by atoms with E-state index >= 15 is 0 Å². The molecule has 0 radical (unpaired) electrons. The highest BCUT2D eigenvalue weighted by molar-refractivity contribution is 8.56. The molecule has 8 heteroatoms. The van der Waals surface area contributed by atoms with Gasteiger partial charge in [-0.3, -0.25) is 9.11 Å². The Morgan fingerprint density at radius 2 is 1.42 bits per heavy atom. The van der Waals surface area contributed by atoms with E-state index in [1.807, 2.05) is 0 Å². The van der Waals surface area contributed by atoms with Crippen LogP contribution in [0.2, 0.25) is 0 Å². The van der Waals surface area contributed by atoms with Gasteiger partial charge in [-0.1, -0.05) is 6.58 Å². The molecule has 0 aliphatic carbocycles. The quantitative estimate of drug-likeness (QED) is 0.340. The van der Waals surface area contributed by atoms with Crippen molar-refractivity contribution in [3.63, 3.8) is 0 Å². The maximum atomic E-state index is 9.60. The van der Waals surface area contributed by atoms with Gasteiger partial charge in [-0.15, -0.1) is 0 Å². The van der Waals surface area contributed by atoms with Crippen molar-refractivity contribution in [1.29, 1.82) is 0 Å². The highest BCUT2D eigenvalue weighted by Crippen LogP contribution is 1.81. The van der Waals surface area contributed by atoms with E-state index in [9.17, 15) is 13.2 Å². The summed E-state index contributed by atoms with van der Waals surface area (Å²) in [5, 5.41) is 7.89. The van der Waals surface area contributed by atoms with Crippen LogP contribution < -0.4 is 0 Å². The lowest BCUT2D eigenvalue weighted by atomic mass is 10.4. The highest BCUT2D eigenvalue weighted by Gasteiger charge is 1.95. The lowest BCUT2D eigenvalue weighted by Crippen LogP contribution is -1.93. The van der Waals surface area contributed by atoms with Gasteiger partial charge in [0.15, 0.2) is 0 Å². The van der Waals surface area contributed by atoms with Crippen LogP contribution in [0.1, 0.15) is 6.92 Å². The normalized spacial score (nSPS) is 13.6. The molecule has 12 heavy (non-hydrogen) atoms. The van der Waals surface area contributed by atoms with E-state index in [-0.39, 0.29) is 5.57 Å². The number of rotatable bonds is 2. The van der Waals surface area contributed by atoms with Gasteiger partial charge in [0, 0.05) is 5.57 Å². The van der Waals surface area contributed by atoms with Crippen molar-refractivity contribution >= 4 is 26.2 Å². The molecule has 0 aliphatic rings. The molecule has 3 N–H and O–H groups in total. The van der Waals surface area contributed by atoms with Crippen LogP contribution in [-0.2, 0) is 25.0 Å². The maximum Gasteiger partial charge on any atom is 0.330 e. The number of aliphatic carboxylic acids is 1. The summed E-state index contributed by atoms with van der Waals surface area (Å²) in [6, 6.07) is 0. The molecular weight excluding hydrogens is 208 g/mol. The van der Waals surface area contributed by atoms with Gasteiger partial charge in [0.05, 0.1) is 0 Å². The molecule has 0 heterocycles. The van der Waals surface area contributed by atoms with Crippen LogP contribution >= 0.6 is 0 Å². The van der Waals surface area contributed by atoms with E-state index < -0.39 is 26.2 Å². The van der Waals surface area contributed by atoms with E-state index in [4.69, 9.17) is 14.2 Å². The fourth-order valence-corrected chi connectivity index (χ4v) is 0. The number of carboxylic acids is 1. The monoisotopic (exact) mass is 216 g/mol. The first-order valence-electron chi connectivity index (χ1n) is 2.40. The van der Waals surface area contributed by atoms with Gasteiger partial charge >= 0.3 is 5.97 Å². The Morgan fingerprint density at radius 1 is 1.25 bits per heavy atom. The zero-order valence-electron chi connectivity index (χ0n) is 6.09. The Bertz CT molecular complexity index is 174. The summed E-state index contributed by atoms with van der Waals surface area (Å²) in [6.07, 6.45) is 0. The Balaban J connectivity index is 0. The molecule has 0 saturated carbocycles. The zero-order chi connectivity index (χ0) is 10.3. The van der Waals surface area contributed by atoms with Gasteiger partial charge < -0.3 is 5.11 Å². The molecule has 0 rings (SSSR count). The Morgan fingerprint density at radius 3 is 1.42 bits per heavy atom. The largest absolute Gasteiger partial charge is 0.478 e. The van der Waals surface area contributed by atoms with Crippen molar-refractivity contribution < 1.29 is 27.4 Å². The summed E-state index contributed by atoms with van der Waals surface area (Å²) in [6.45, 7) is 4.60. The summed E-state index contributed by atoms with van der Waals surface area (Å²) in [4.78, 5) is 9.60. The fraction of sp³-hybridized carbons (Fsp3) is 0.250. The van der Waals surface area contributed by atoms with Crippen LogP contribution in [0, 0.1) is 0 Å². The van der Waals surface area contributed by atoms with Crippen LogP contribution in [0.25, 0.3) is 0 Å². The average molecular weight is 216 g/mol. The molecule has 0 aromatic heterocycles. The lowest BCUT2D eigenvalue weighted by Gasteiger charge is -1.79. The van der Waals surface area contributed by atoms with Crippen LogP contribution in [0.15, 0.2) is 12.2 Å². The highest BCUT2D eigenvalue weighted by atomic mass is 33.2. The van der Waals surface area contributed by atoms with Crippen molar-refractivity contribution in [3.05, 3.63) is 12.2 Å². The molecule has 0 saturated heterocycles. The Hall–Kier alpha value is -0.570. The smallest absolute Gasteiger partial charge is 0.330 e. The first-order valence-corrected chi connectivity index (χ1v) is 5.13. The molecule has 6 nitrogen and oxygen atoms in total. The fourth-order valence-electron chi connectivity index (χ4n) is 0. The standard InChI is InChI=1S/C4H6O2.H2O4S2/c1-3(2)4(5)6;1-5(2)6(3)4/h1H2,2H3,(H,5,6);(H,1,2)(H,3,4). The van der Waals surface area contributed by atoms with Crippen molar-refractivity contribution in [2.45, 2.75) is 6.92 Å². The van der Waals surface area contributed by atoms with Crippen LogP contribution in [0.5, 0.6) is 0 Å². The summed E-state index contributed by atoms with van der Waals surface area (Å²) >= 11 is 0. The second-order valence-electron chi connectivity index (χ2n) is 1.52. The molecule has 0 aliphatic heterocycles. The minimum absolute atomic E-state index is 0.176. The molecule has 2 unspecified atom stereocenters. The molecule has 0 spiro atoms. The number of hydrogen-bond acceptors (Lipinski definition) is 3. The number of carboxylic acid groups (broad SMARTS) is 1.